The molecule has 1 aromatic rings. The van der Waals surface area contributed by atoms with Crippen LogP contribution in [0.5, 0.6) is 0 Å². The Bertz CT molecular complexity index is 263. The van der Waals surface area contributed by atoms with E-state index >= 15 is 0 Å². The molecule has 58 valence electrons. The fourth-order valence-corrected chi connectivity index (χ4v) is 1.26. The van der Waals surface area contributed by atoms with Gasteiger partial charge in [0.15, 0.2) is 0 Å². The molecule has 0 radical (unpaired) electrons. The lowest BCUT2D eigenvalue weighted by Crippen LogP contribution is -2.15. The van der Waals surface area contributed by atoms with Gasteiger partial charge in [-0.1, -0.05) is 0 Å². The molecule has 0 saturated carbocycles. The van der Waals surface area contributed by atoms with Gasteiger partial charge in [-0.2, -0.15) is 0 Å². The minimum Gasteiger partial charge on any atom is -0.333 e. The Morgan fingerprint density at radius 3 is 3.00 bits per heavy atom. The fraction of sp³-hybridized carbons (Fsp3) is 0.167. The van der Waals surface area contributed by atoms with Crippen molar-refractivity contribution < 1.29 is 0 Å². The summed E-state index contributed by atoms with van der Waals surface area (Å²) >= 11 is 2.10. The van der Waals surface area contributed by atoms with Crippen molar-refractivity contribution in [2.24, 2.45) is 0 Å². The highest BCUT2D eigenvalue weighted by Gasteiger charge is 2.02. The molecule has 0 amide bonds. The van der Waals surface area contributed by atoms with E-state index in [2.05, 4.69) is 32.6 Å². The SMILES string of the molecule is CN(C=N)c1cncnc1I. The largest absolute Gasteiger partial charge is 0.333 e. The second-order valence-electron chi connectivity index (χ2n) is 1.94. The van der Waals surface area contributed by atoms with Crippen molar-refractivity contribution in [2.45, 2.75) is 0 Å². The summed E-state index contributed by atoms with van der Waals surface area (Å²) in [5.74, 6) is 0. The summed E-state index contributed by atoms with van der Waals surface area (Å²) in [4.78, 5) is 9.49. The zero-order chi connectivity index (χ0) is 8.27. The van der Waals surface area contributed by atoms with Crippen LogP contribution >= 0.6 is 22.6 Å². The molecular weight excluding hydrogens is 255 g/mol. The van der Waals surface area contributed by atoms with E-state index < -0.39 is 0 Å². The van der Waals surface area contributed by atoms with Crippen molar-refractivity contribution in [3.63, 3.8) is 0 Å². The van der Waals surface area contributed by atoms with Gasteiger partial charge in [0.2, 0.25) is 0 Å². The number of anilines is 1. The van der Waals surface area contributed by atoms with E-state index in [1.165, 1.54) is 12.7 Å². The van der Waals surface area contributed by atoms with Crippen molar-refractivity contribution in [1.29, 1.82) is 5.41 Å². The van der Waals surface area contributed by atoms with Crippen LogP contribution in [-0.2, 0) is 0 Å². The van der Waals surface area contributed by atoms with Crippen LogP contribution in [0.4, 0.5) is 5.69 Å². The van der Waals surface area contributed by atoms with E-state index in [4.69, 9.17) is 5.41 Å². The molecule has 4 nitrogen and oxygen atoms in total. The first-order chi connectivity index (χ1) is 5.25. The predicted molar refractivity (Wildman–Crippen MR) is 51.9 cm³/mol. The average Bonchev–Trinajstić information content (AvgIpc) is 2.04. The second-order valence-corrected chi connectivity index (χ2v) is 2.96. The molecule has 0 spiro atoms. The molecule has 0 fully saturated rings. The lowest BCUT2D eigenvalue weighted by Gasteiger charge is -2.11. The summed E-state index contributed by atoms with van der Waals surface area (Å²) in [6, 6.07) is 0. The summed E-state index contributed by atoms with van der Waals surface area (Å²) < 4.78 is 0.851. The van der Waals surface area contributed by atoms with Gasteiger partial charge < -0.3 is 4.90 Å². The third kappa shape index (κ3) is 1.86. The van der Waals surface area contributed by atoms with E-state index in [0.717, 1.165) is 9.39 Å². The second kappa shape index (κ2) is 3.61. The topological polar surface area (TPSA) is 52.9 Å². The maximum Gasteiger partial charge on any atom is 0.128 e. The van der Waals surface area contributed by atoms with Gasteiger partial charge in [0, 0.05) is 7.05 Å². The lowest BCUT2D eigenvalue weighted by molar-refractivity contribution is 1.10. The third-order valence-corrected chi connectivity index (χ3v) is 2.05. The fourth-order valence-electron chi connectivity index (χ4n) is 0.613. The van der Waals surface area contributed by atoms with Crippen molar-refractivity contribution >= 4 is 34.6 Å². The normalized spacial score (nSPS) is 9.27. The number of nitrogens with one attached hydrogen (secondary N) is 1. The average molecular weight is 262 g/mol. The molecule has 0 aliphatic heterocycles. The molecule has 1 rings (SSSR count). The summed E-state index contributed by atoms with van der Waals surface area (Å²) in [6.07, 6.45) is 4.39. The van der Waals surface area contributed by atoms with E-state index in [9.17, 15) is 0 Å². The van der Waals surface area contributed by atoms with Crippen LogP contribution in [0.15, 0.2) is 12.5 Å². The van der Waals surface area contributed by atoms with Gasteiger partial charge in [0.1, 0.15) is 10.0 Å². The first-order valence-electron chi connectivity index (χ1n) is 2.94. The highest BCUT2D eigenvalue weighted by molar-refractivity contribution is 14.1. The van der Waals surface area contributed by atoms with Crippen LogP contribution in [0.3, 0.4) is 0 Å². The van der Waals surface area contributed by atoms with Gasteiger partial charge in [-0.3, -0.25) is 5.41 Å². The summed E-state index contributed by atoms with van der Waals surface area (Å²) in [5.41, 5.74) is 0.850. The van der Waals surface area contributed by atoms with Crippen LogP contribution in [0, 0.1) is 9.11 Å². The van der Waals surface area contributed by atoms with Crippen molar-refractivity contribution in [1.82, 2.24) is 9.97 Å². The number of nitrogens with zero attached hydrogens (tertiary/aromatic N) is 3. The van der Waals surface area contributed by atoms with Crippen molar-refractivity contribution in [3.8, 4) is 0 Å². The molecule has 0 aromatic carbocycles. The van der Waals surface area contributed by atoms with Gasteiger partial charge in [-0.15, -0.1) is 0 Å². The van der Waals surface area contributed by atoms with Gasteiger partial charge in [-0.25, -0.2) is 9.97 Å². The molecule has 1 N–H and O–H groups in total. The molecule has 1 heterocycles. The molecule has 0 aliphatic carbocycles. The first-order valence-corrected chi connectivity index (χ1v) is 4.02. The van der Waals surface area contributed by atoms with Gasteiger partial charge >= 0.3 is 0 Å². The number of halogens is 1. The predicted octanol–water partition coefficient (Wildman–Crippen LogP) is 1.12. The van der Waals surface area contributed by atoms with E-state index in [1.807, 2.05) is 0 Å². The lowest BCUT2D eigenvalue weighted by atomic mass is 10.5. The van der Waals surface area contributed by atoms with Crippen LogP contribution in [0.25, 0.3) is 0 Å². The van der Waals surface area contributed by atoms with Gasteiger partial charge in [0.25, 0.3) is 0 Å². The Morgan fingerprint density at radius 2 is 2.45 bits per heavy atom. The molecule has 0 unspecified atom stereocenters. The van der Waals surface area contributed by atoms with Gasteiger partial charge in [0.05, 0.1) is 18.2 Å². The zero-order valence-electron chi connectivity index (χ0n) is 5.95. The van der Waals surface area contributed by atoms with Crippen LogP contribution in [0.2, 0.25) is 0 Å². The first kappa shape index (κ1) is 8.38. The van der Waals surface area contributed by atoms with Gasteiger partial charge in [-0.05, 0) is 22.6 Å². The number of hydrogen-bond acceptors (Lipinski definition) is 3. The third-order valence-electron chi connectivity index (χ3n) is 1.22. The Morgan fingerprint density at radius 1 is 1.73 bits per heavy atom. The van der Waals surface area contributed by atoms with E-state index in [0.29, 0.717) is 0 Å². The highest BCUT2D eigenvalue weighted by Crippen LogP contribution is 2.15. The minimum absolute atomic E-state index is 0.850. The zero-order valence-corrected chi connectivity index (χ0v) is 8.11. The maximum absolute atomic E-state index is 6.98. The standard InChI is InChI=1S/C6H7IN4/c1-11(3-8)5-2-9-4-10-6(5)7/h2-4,8H,1H3. The summed E-state index contributed by atoms with van der Waals surface area (Å²) in [7, 11) is 1.79. The molecule has 0 bridgehead atoms. The van der Waals surface area contributed by atoms with E-state index in [-0.39, 0.29) is 0 Å². The maximum atomic E-state index is 6.98. The Kier molecular flexibility index (Phi) is 2.75. The Balaban J connectivity index is 3.02. The molecule has 1 aromatic heterocycles. The molecule has 0 aliphatic rings. The highest BCUT2D eigenvalue weighted by atomic mass is 127. The summed E-state index contributed by atoms with van der Waals surface area (Å²) in [5, 5.41) is 6.98. The quantitative estimate of drug-likeness (QED) is 0.376. The van der Waals surface area contributed by atoms with Crippen molar-refractivity contribution in [2.75, 3.05) is 11.9 Å². The number of hydrogen-bond donors (Lipinski definition) is 1. The van der Waals surface area contributed by atoms with E-state index in [1.54, 1.807) is 18.1 Å². The van der Waals surface area contributed by atoms with Crippen molar-refractivity contribution in [3.05, 3.63) is 16.2 Å². The Labute approximate surface area is 78.3 Å². The number of rotatable bonds is 2. The minimum atomic E-state index is 0.850. The molecule has 0 atom stereocenters. The van der Waals surface area contributed by atoms with Crippen LogP contribution in [0.1, 0.15) is 0 Å². The Hall–Kier alpha value is -0.720. The molecule has 5 heteroatoms. The smallest absolute Gasteiger partial charge is 0.128 e. The molecular formula is C6H7IN4. The molecule has 11 heavy (non-hydrogen) atoms. The van der Waals surface area contributed by atoms with Crippen LogP contribution in [-0.4, -0.2) is 23.4 Å². The molecule has 0 saturated heterocycles. The van der Waals surface area contributed by atoms with Crippen LogP contribution < -0.4 is 4.90 Å². The number of aromatic nitrogens is 2. The monoisotopic (exact) mass is 262 g/mol. The summed E-state index contributed by atoms with van der Waals surface area (Å²) in [6.45, 7) is 0.